The molecule has 84 valence electrons. The molecule has 0 radical (unpaired) electrons. The van der Waals surface area contributed by atoms with Crippen LogP contribution in [-0.4, -0.2) is 4.83 Å². The van der Waals surface area contributed by atoms with Crippen molar-refractivity contribution in [1.29, 1.82) is 0 Å². The summed E-state index contributed by atoms with van der Waals surface area (Å²) < 4.78 is 0. The molecule has 1 fully saturated rings. The van der Waals surface area contributed by atoms with Gasteiger partial charge in [-0.05, 0) is 59.9 Å². The van der Waals surface area contributed by atoms with E-state index in [9.17, 15) is 0 Å². The van der Waals surface area contributed by atoms with Crippen LogP contribution in [0.3, 0.4) is 0 Å². The first-order valence-electron chi connectivity index (χ1n) is 5.94. The van der Waals surface area contributed by atoms with Crippen molar-refractivity contribution in [2.24, 2.45) is 11.8 Å². The molecule has 0 amide bonds. The molecule has 1 saturated carbocycles. The second kappa shape index (κ2) is 5.49. The summed E-state index contributed by atoms with van der Waals surface area (Å²) >= 11 is 5.68. The van der Waals surface area contributed by atoms with Gasteiger partial charge in [-0.3, -0.25) is 0 Å². The highest BCUT2D eigenvalue weighted by atomic mass is 79.9. The molecular formula is C13H19BrS. The predicted octanol–water partition coefficient (Wildman–Crippen LogP) is 4.88. The average Bonchev–Trinajstić information content (AvgIpc) is 2.74. The maximum absolute atomic E-state index is 3.86. The number of halogens is 1. The molecule has 1 heterocycles. The molecule has 2 rings (SSSR count). The topological polar surface area (TPSA) is 0 Å². The first-order valence-corrected chi connectivity index (χ1v) is 7.80. The molecule has 1 aromatic heterocycles. The summed E-state index contributed by atoms with van der Waals surface area (Å²) in [5, 5.41) is 4.49. The second-order valence-corrected chi connectivity index (χ2v) is 6.66. The summed E-state index contributed by atoms with van der Waals surface area (Å²) in [5.41, 5.74) is 1.53. The fourth-order valence-electron chi connectivity index (χ4n) is 2.62. The van der Waals surface area contributed by atoms with Gasteiger partial charge in [0.2, 0.25) is 0 Å². The third-order valence-electron chi connectivity index (χ3n) is 3.65. The Morgan fingerprint density at radius 3 is 3.00 bits per heavy atom. The van der Waals surface area contributed by atoms with E-state index in [0.717, 1.165) is 16.7 Å². The molecule has 3 atom stereocenters. The first kappa shape index (κ1) is 11.7. The van der Waals surface area contributed by atoms with Gasteiger partial charge in [0.15, 0.2) is 0 Å². The Labute approximate surface area is 105 Å². The van der Waals surface area contributed by atoms with E-state index in [2.05, 4.69) is 39.7 Å². The lowest BCUT2D eigenvalue weighted by molar-refractivity contribution is 0.271. The maximum Gasteiger partial charge on any atom is 0.0177 e. The zero-order chi connectivity index (χ0) is 10.7. The minimum Gasteiger partial charge on any atom is -0.152 e. The van der Waals surface area contributed by atoms with Crippen molar-refractivity contribution < 1.29 is 0 Å². The van der Waals surface area contributed by atoms with Gasteiger partial charge in [-0.15, -0.1) is 0 Å². The largest absolute Gasteiger partial charge is 0.152 e. The summed E-state index contributed by atoms with van der Waals surface area (Å²) in [6.07, 6.45) is 6.85. The van der Waals surface area contributed by atoms with Crippen LogP contribution in [0.5, 0.6) is 0 Å². The van der Waals surface area contributed by atoms with Crippen molar-refractivity contribution in [3.05, 3.63) is 22.4 Å². The Balaban J connectivity index is 1.94. The molecule has 2 heteroatoms. The Kier molecular flexibility index (Phi) is 4.27. The molecule has 0 N–H and O–H groups in total. The van der Waals surface area contributed by atoms with Crippen LogP contribution in [0, 0.1) is 11.8 Å². The highest BCUT2D eigenvalue weighted by molar-refractivity contribution is 9.09. The molecule has 0 saturated heterocycles. The summed E-state index contributed by atoms with van der Waals surface area (Å²) in [6, 6.07) is 2.28. The van der Waals surface area contributed by atoms with Gasteiger partial charge < -0.3 is 0 Å². The van der Waals surface area contributed by atoms with Gasteiger partial charge in [-0.1, -0.05) is 29.3 Å². The van der Waals surface area contributed by atoms with Crippen molar-refractivity contribution in [3.8, 4) is 0 Å². The van der Waals surface area contributed by atoms with E-state index in [1.54, 1.807) is 0 Å². The van der Waals surface area contributed by atoms with Crippen molar-refractivity contribution in [2.75, 3.05) is 0 Å². The van der Waals surface area contributed by atoms with Crippen LogP contribution in [0.4, 0.5) is 0 Å². The van der Waals surface area contributed by atoms with Crippen molar-refractivity contribution in [3.63, 3.8) is 0 Å². The molecule has 1 aliphatic rings. The van der Waals surface area contributed by atoms with E-state index in [1.807, 2.05) is 11.3 Å². The fraction of sp³-hybridized carbons (Fsp3) is 0.692. The van der Waals surface area contributed by atoms with Gasteiger partial charge in [-0.25, -0.2) is 0 Å². The summed E-state index contributed by atoms with van der Waals surface area (Å²) in [7, 11) is 0. The number of alkyl halides is 1. The number of thiophene rings is 1. The van der Waals surface area contributed by atoms with E-state index in [4.69, 9.17) is 0 Å². The molecule has 0 nitrogen and oxygen atoms in total. The molecule has 0 spiro atoms. The Bertz CT molecular complexity index is 281. The second-order valence-electron chi connectivity index (χ2n) is 4.70. The van der Waals surface area contributed by atoms with Gasteiger partial charge in [0, 0.05) is 4.83 Å². The molecule has 0 aliphatic heterocycles. The standard InChI is InChI=1S/C13H19BrS/c1-2-10-3-4-13(14)12(7-10)8-11-5-6-15-9-11/h5-6,9-10,12-13H,2-4,7-8H2,1H3. The van der Waals surface area contributed by atoms with Gasteiger partial charge in [0.25, 0.3) is 0 Å². The van der Waals surface area contributed by atoms with Gasteiger partial charge in [-0.2, -0.15) is 11.3 Å². The van der Waals surface area contributed by atoms with E-state index in [1.165, 1.54) is 37.7 Å². The molecule has 15 heavy (non-hydrogen) atoms. The van der Waals surface area contributed by atoms with Crippen LogP contribution < -0.4 is 0 Å². The predicted molar refractivity (Wildman–Crippen MR) is 71.9 cm³/mol. The van der Waals surface area contributed by atoms with Crippen molar-refractivity contribution in [1.82, 2.24) is 0 Å². The summed E-state index contributed by atoms with van der Waals surface area (Å²) in [4.78, 5) is 0.750. The average molecular weight is 287 g/mol. The van der Waals surface area contributed by atoms with Crippen molar-refractivity contribution in [2.45, 2.75) is 43.9 Å². The summed E-state index contributed by atoms with van der Waals surface area (Å²) in [5.74, 6) is 1.83. The van der Waals surface area contributed by atoms with E-state index < -0.39 is 0 Å². The highest BCUT2D eigenvalue weighted by Gasteiger charge is 2.27. The summed E-state index contributed by atoms with van der Waals surface area (Å²) in [6.45, 7) is 2.33. The molecule has 1 aromatic rings. The normalized spacial score (nSPS) is 31.7. The number of rotatable bonds is 3. The zero-order valence-corrected chi connectivity index (χ0v) is 11.7. The van der Waals surface area contributed by atoms with Crippen LogP contribution in [0.25, 0.3) is 0 Å². The van der Waals surface area contributed by atoms with E-state index in [-0.39, 0.29) is 0 Å². The van der Waals surface area contributed by atoms with Crippen LogP contribution in [0.15, 0.2) is 16.8 Å². The van der Waals surface area contributed by atoms with Gasteiger partial charge in [0.1, 0.15) is 0 Å². The van der Waals surface area contributed by atoms with E-state index >= 15 is 0 Å². The quantitative estimate of drug-likeness (QED) is 0.695. The SMILES string of the molecule is CCC1CCC(Br)C(Cc2ccsc2)C1. The molecule has 1 aliphatic carbocycles. The monoisotopic (exact) mass is 286 g/mol. The van der Waals surface area contributed by atoms with Crippen LogP contribution >= 0.6 is 27.3 Å². The number of hydrogen-bond donors (Lipinski definition) is 0. The molecule has 0 bridgehead atoms. The Morgan fingerprint density at radius 2 is 2.33 bits per heavy atom. The smallest absolute Gasteiger partial charge is 0.0177 e. The lowest BCUT2D eigenvalue weighted by Gasteiger charge is -2.32. The van der Waals surface area contributed by atoms with Crippen LogP contribution in [0.1, 0.15) is 38.2 Å². The third-order valence-corrected chi connectivity index (χ3v) is 5.59. The lowest BCUT2D eigenvalue weighted by atomic mass is 9.78. The highest BCUT2D eigenvalue weighted by Crippen LogP contribution is 2.37. The minimum atomic E-state index is 0.750. The van der Waals surface area contributed by atoms with Gasteiger partial charge in [0.05, 0.1) is 0 Å². The Morgan fingerprint density at radius 1 is 1.47 bits per heavy atom. The van der Waals surface area contributed by atoms with Gasteiger partial charge >= 0.3 is 0 Å². The fourth-order valence-corrected chi connectivity index (χ4v) is 3.97. The Hall–Kier alpha value is 0.180. The first-order chi connectivity index (χ1) is 7.29. The minimum absolute atomic E-state index is 0.750. The maximum atomic E-state index is 3.86. The van der Waals surface area contributed by atoms with E-state index in [0.29, 0.717) is 0 Å². The van der Waals surface area contributed by atoms with Crippen LogP contribution in [-0.2, 0) is 6.42 Å². The van der Waals surface area contributed by atoms with Crippen LogP contribution in [0.2, 0.25) is 0 Å². The molecular weight excluding hydrogens is 268 g/mol. The zero-order valence-electron chi connectivity index (χ0n) is 9.29. The third kappa shape index (κ3) is 3.07. The lowest BCUT2D eigenvalue weighted by Crippen LogP contribution is -2.26. The molecule has 0 aromatic carbocycles. The molecule has 3 unspecified atom stereocenters. The van der Waals surface area contributed by atoms with Crippen molar-refractivity contribution >= 4 is 27.3 Å². The number of hydrogen-bond acceptors (Lipinski definition) is 1.